The molecular weight excluding hydrogens is 536 g/mol. The van der Waals surface area contributed by atoms with Crippen molar-refractivity contribution in [2.24, 2.45) is 4.99 Å². The molecule has 6 rings (SSSR count). The van der Waals surface area contributed by atoms with Gasteiger partial charge in [0.25, 0.3) is 5.56 Å². The van der Waals surface area contributed by atoms with E-state index in [-0.39, 0.29) is 12.2 Å². The lowest BCUT2D eigenvalue weighted by molar-refractivity contribution is -0.138. The highest BCUT2D eigenvalue weighted by Crippen LogP contribution is 2.35. The molecule has 0 unspecified atom stereocenters. The molecule has 1 atom stereocenters. The van der Waals surface area contributed by atoms with Crippen LogP contribution in [0, 0.1) is 0 Å². The summed E-state index contributed by atoms with van der Waals surface area (Å²) in [7, 11) is 0. The molecule has 9 heteroatoms. The van der Waals surface area contributed by atoms with Gasteiger partial charge in [0, 0.05) is 10.6 Å². The summed E-state index contributed by atoms with van der Waals surface area (Å²) in [5, 5.41) is 0.551. The average molecular weight is 559 g/mol. The van der Waals surface area contributed by atoms with Crippen LogP contribution in [0.4, 0.5) is 0 Å². The van der Waals surface area contributed by atoms with Crippen molar-refractivity contribution < 1.29 is 19.0 Å². The number of hydrogen-bond acceptors (Lipinski definition) is 7. The molecule has 2 aliphatic rings. The first-order chi connectivity index (χ1) is 19.0. The Kier molecular flexibility index (Phi) is 6.81. The van der Waals surface area contributed by atoms with Gasteiger partial charge in [0.05, 0.1) is 28.5 Å². The van der Waals surface area contributed by atoms with Crippen LogP contribution in [0.1, 0.15) is 29.7 Å². The molecule has 39 heavy (non-hydrogen) atoms. The Morgan fingerprint density at radius 1 is 1.08 bits per heavy atom. The van der Waals surface area contributed by atoms with Gasteiger partial charge >= 0.3 is 5.97 Å². The summed E-state index contributed by atoms with van der Waals surface area (Å²) >= 11 is 7.45. The molecule has 0 aliphatic carbocycles. The van der Waals surface area contributed by atoms with E-state index in [0.717, 1.165) is 16.7 Å². The number of fused-ring (bicyclic) bond motifs is 2. The summed E-state index contributed by atoms with van der Waals surface area (Å²) in [6.07, 6.45) is 1.80. The molecule has 0 saturated carbocycles. The van der Waals surface area contributed by atoms with Crippen LogP contribution in [0.25, 0.3) is 11.8 Å². The summed E-state index contributed by atoms with van der Waals surface area (Å²) in [5.41, 5.74) is 2.77. The molecule has 3 aromatic carbocycles. The number of benzene rings is 3. The van der Waals surface area contributed by atoms with Crippen molar-refractivity contribution in [2.75, 3.05) is 19.8 Å². The van der Waals surface area contributed by atoms with Crippen LogP contribution in [-0.2, 0) is 9.53 Å². The Morgan fingerprint density at radius 3 is 2.56 bits per heavy atom. The molecular formula is C30H23ClN2O5S. The first-order valence-corrected chi connectivity index (χ1v) is 13.7. The number of thiazole rings is 1. The predicted molar refractivity (Wildman–Crippen MR) is 150 cm³/mol. The van der Waals surface area contributed by atoms with Crippen LogP contribution in [0.5, 0.6) is 11.5 Å². The number of ether oxygens (including phenoxy) is 3. The number of carbonyl (C=O) groups is 1. The fraction of sp³-hybridized carbons (Fsp3) is 0.167. The highest BCUT2D eigenvalue weighted by molar-refractivity contribution is 7.07. The van der Waals surface area contributed by atoms with Gasteiger partial charge in [-0.15, -0.1) is 0 Å². The molecule has 0 radical (unpaired) electrons. The second-order valence-corrected chi connectivity index (χ2v) is 10.3. The summed E-state index contributed by atoms with van der Waals surface area (Å²) in [5.74, 6) is 0.785. The number of halogens is 1. The van der Waals surface area contributed by atoms with Gasteiger partial charge in [-0.3, -0.25) is 9.36 Å². The molecule has 0 spiro atoms. The van der Waals surface area contributed by atoms with Gasteiger partial charge in [0.2, 0.25) is 0 Å². The van der Waals surface area contributed by atoms with Gasteiger partial charge in [0.1, 0.15) is 13.2 Å². The Bertz CT molecular complexity index is 1770. The number of carbonyl (C=O) groups excluding carboxylic acids is 1. The van der Waals surface area contributed by atoms with E-state index in [1.807, 2.05) is 60.7 Å². The van der Waals surface area contributed by atoms with E-state index in [0.29, 0.717) is 50.3 Å². The molecule has 0 N–H and O–H groups in total. The summed E-state index contributed by atoms with van der Waals surface area (Å²) in [6.45, 7) is 2.91. The van der Waals surface area contributed by atoms with E-state index in [1.165, 1.54) is 11.3 Å². The third-order valence-corrected chi connectivity index (χ3v) is 7.66. The molecule has 0 saturated heterocycles. The Labute approximate surface area is 232 Å². The lowest BCUT2D eigenvalue weighted by Gasteiger charge is -2.25. The minimum atomic E-state index is -0.754. The number of rotatable bonds is 5. The fourth-order valence-corrected chi connectivity index (χ4v) is 5.83. The zero-order valence-corrected chi connectivity index (χ0v) is 22.5. The van der Waals surface area contributed by atoms with Crippen LogP contribution in [0.3, 0.4) is 0 Å². The Hall–Kier alpha value is -4.14. The number of nitrogens with zero attached hydrogens (tertiary/aromatic N) is 2. The van der Waals surface area contributed by atoms with Gasteiger partial charge in [-0.05, 0) is 48.4 Å². The Balaban J connectivity index is 1.60. The maximum absolute atomic E-state index is 14.0. The molecule has 0 amide bonds. The van der Waals surface area contributed by atoms with Gasteiger partial charge in [0.15, 0.2) is 16.3 Å². The molecule has 4 aromatic rings. The maximum Gasteiger partial charge on any atom is 0.338 e. The maximum atomic E-state index is 14.0. The first-order valence-electron chi connectivity index (χ1n) is 12.5. The van der Waals surface area contributed by atoms with Crippen molar-refractivity contribution in [3.05, 3.63) is 120 Å². The van der Waals surface area contributed by atoms with E-state index < -0.39 is 12.0 Å². The lowest BCUT2D eigenvalue weighted by Crippen LogP contribution is -2.40. The minimum absolute atomic E-state index is 0.187. The van der Waals surface area contributed by atoms with E-state index >= 15 is 0 Å². The summed E-state index contributed by atoms with van der Waals surface area (Å²) in [4.78, 5) is 32.8. The highest BCUT2D eigenvalue weighted by Gasteiger charge is 2.35. The molecule has 3 heterocycles. The van der Waals surface area contributed by atoms with Crippen LogP contribution < -0.4 is 24.4 Å². The van der Waals surface area contributed by atoms with Gasteiger partial charge in [-0.25, -0.2) is 9.79 Å². The van der Waals surface area contributed by atoms with Gasteiger partial charge < -0.3 is 14.2 Å². The molecule has 196 valence electrons. The SMILES string of the molecule is CCOC(=O)C1=C(c2ccccc2)N=c2s/c(=C/c3ccc4c(c3)OCCO4)c(=O)n2[C@H]1c1ccc(Cl)cc1. The normalized spacial score (nSPS) is 16.5. The quantitative estimate of drug-likeness (QED) is 0.340. The van der Waals surface area contributed by atoms with Crippen LogP contribution in [0.15, 0.2) is 88.2 Å². The average Bonchev–Trinajstić information content (AvgIpc) is 3.27. The Morgan fingerprint density at radius 2 is 1.82 bits per heavy atom. The van der Waals surface area contributed by atoms with E-state index in [1.54, 1.807) is 29.7 Å². The van der Waals surface area contributed by atoms with Gasteiger partial charge in [-0.1, -0.05) is 71.5 Å². The van der Waals surface area contributed by atoms with Crippen molar-refractivity contribution >= 4 is 40.7 Å². The van der Waals surface area contributed by atoms with Crippen molar-refractivity contribution in [3.63, 3.8) is 0 Å². The molecule has 2 aliphatic heterocycles. The van der Waals surface area contributed by atoms with Crippen molar-refractivity contribution in [3.8, 4) is 11.5 Å². The topological polar surface area (TPSA) is 79.1 Å². The number of hydrogen-bond donors (Lipinski definition) is 0. The molecule has 7 nitrogen and oxygen atoms in total. The standard InChI is InChI=1S/C30H23ClN2O5S/c1-2-36-29(35)25-26(19-6-4-3-5-7-19)32-30-33(27(25)20-9-11-21(31)12-10-20)28(34)24(39-30)17-18-8-13-22-23(16-18)38-15-14-37-22/h3-13,16-17,27H,2,14-15H2,1H3/b24-17+/t27-/m0/s1. The zero-order valence-electron chi connectivity index (χ0n) is 20.9. The molecule has 0 fully saturated rings. The second-order valence-electron chi connectivity index (χ2n) is 8.89. The van der Waals surface area contributed by atoms with Crippen LogP contribution >= 0.6 is 22.9 Å². The molecule has 1 aromatic heterocycles. The largest absolute Gasteiger partial charge is 0.486 e. The predicted octanol–water partition coefficient (Wildman–Crippen LogP) is 4.36. The van der Waals surface area contributed by atoms with E-state index in [2.05, 4.69) is 0 Å². The zero-order chi connectivity index (χ0) is 26.9. The number of esters is 1. The summed E-state index contributed by atoms with van der Waals surface area (Å²) < 4.78 is 18.9. The van der Waals surface area contributed by atoms with Crippen LogP contribution in [0.2, 0.25) is 5.02 Å². The minimum Gasteiger partial charge on any atom is -0.486 e. The van der Waals surface area contributed by atoms with E-state index in [4.69, 9.17) is 30.8 Å². The molecule has 0 bridgehead atoms. The van der Waals surface area contributed by atoms with Gasteiger partial charge in [-0.2, -0.15) is 0 Å². The monoisotopic (exact) mass is 558 g/mol. The van der Waals surface area contributed by atoms with Crippen molar-refractivity contribution in [2.45, 2.75) is 13.0 Å². The van der Waals surface area contributed by atoms with Crippen molar-refractivity contribution in [1.29, 1.82) is 0 Å². The third kappa shape index (κ3) is 4.77. The lowest BCUT2D eigenvalue weighted by atomic mass is 9.93. The number of aromatic nitrogens is 1. The van der Waals surface area contributed by atoms with E-state index in [9.17, 15) is 9.59 Å². The highest BCUT2D eigenvalue weighted by atomic mass is 35.5. The van der Waals surface area contributed by atoms with Crippen LogP contribution in [-0.4, -0.2) is 30.4 Å². The summed E-state index contributed by atoms with van der Waals surface area (Å²) in [6, 6.07) is 21.4. The third-order valence-electron chi connectivity index (χ3n) is 6.42. The first kappa shape index (κ1) is 25.2. The second kappa shape index (κ2) is 10.6. The fourth-order valence-electron chi connectivity index (χ4n) is 4.70. The smallest absolute Gasteiger partial charge is 0.338 e. The van der Waals surface area contributed by atoms with Crippen molar-refractivity contribution in [1.82, 2.24) is 4.57 Å².